The van der Waals surface area contributed by atoms with Crippen molar-refractivity contribution in [2.75, 3.05) is 6.61 Å². The number of ketones is 1. The maximum absolute atomic E-state index is 12.7. The van der Waals surface area contributed by atoms with Crippen LogP contribution in [0.5, 0.6) is 0 Å². The molecule has 0 fully saturated rings. The molecule has 0 unspecified atom stereocenters. The molecule has 2 aliphatic rings. The normalized spacial score (nSPS) is 19.5. The number of carbonyl (C=O) groups is 2. The number of thiophene rings is 1. The van der Waals surface area contributed by atoms with Gasteiger partial charge in [0.2, 0.25) is 5.88 Å². The number of Topliss-reactive ketones (excluding diaryl/α,β-unsaturated/α-hetero) is 1. The zero-order chi connectivity index (χ0) is 19.7. The molecule has 1 aliphatic carbocycles. The van der Waals surface area contributed by atoms with Gasteiger partial charge >= 0.3 is 5.97 Å². The van der Waals surface area contributed by atoms with Crippen LogP contribution in [-0.2, 0) is 25.6 Å². The average Bonchev–Trinajstić information content (AvgIpc) is 3.33. The van der Waals surface area contributed by atoms with Crippen LogP contribution < -0.4 is 5.73 Å². The Kier molecular flexibility index (Phi) is 4.99. The number of hydrogen-bond acceptors (Lipinski definition) is 8. The first kappa shape index (κ1) is 18.4. The summed E-state index contributed by atoms with van der Waals surface area (Å²) in [6, 6.07) is 1.97. The molecule has 0 spiro atoms. The molecule has 0 aromatic carbocycles. The average molecular weight is 400 g/mol. The van der Waals surface area contributed by atoms with Crippen LogP contribution in [0.2, 0.25) is 0 Å². The minimum atomic E-state index is -0.565. The molecule has 1 aliphatic heterocycles. The number of nitrogens with zero attached hydrogens (tertiary/aromatic N) is 3. The smallest absolute Gasteiger partial charge is 0.340 e. The topological polar surface area (TPSA) is 109 Å². The molecule has 3 heterocycles. The number of aromatic nitrogens is 3. The first-order chi connectivity index (χ1) is 13.6. The van der Waals surface area contributed by atoms with Crippen LogP contribution in [0.1, 0.15) is 42.5 Å². The van der Waals surface area contributed by atoms with E-state index in [2.05, 4.69) is 10.1 Å². The summed E-state index contributed by atoms with van der Waals surface area (Å²) in [5.41, 5.74) is 7.83. The van der Waals surface area contributed by atoms with Gasteiger partial charge < -0.3 is 15.2 Å². The van der Waals surface area contributed by atoms with Crippen LogP contribution in [-0.4, -0.2) is 33.1 Å². The second-order valence-corrected chi connectivity index (χ2v) is 7.54. The highest BCUT2D eigenvalue weighted by atomic mass is 32.1. The van der Waals surface area contributed by atoms with Gasteiger partial charge in [0.15, 0.2) is 5.78 Å². The summed E-state index contributed by atoms with van der Waals surface area (Å²) in [5, 5.41) is 6.10. The number of carbonyl (C=O) groups excluding carboxylic acids is 2. The van der Waals surface area contributed by atoms with E-state index in [-0.39, 0.29) is 23.8 Å². The highest BCUT2D eigenvalue weighted by Crippen LogP contribution is 2.45. The van der Waals surface area contributed by atoms with Gasteiger partial charge in [0, 0.05) is 23.3 Å². The Hall–Kier alpha value is -2.94. The van der Waals surface area contributed by atoms with Crippen molar-refractivity contribution in [1.29, 1.82) is 0 Å². The Morgan fingerprint density at radius 1 is 1.46 bits per heavy atom. The zero-order valence-electron chi connectivity index (χ0n) is 15.4. The van der Waals surface area contributed by atoms with Crippen molar-refractivity contribution in [2.45, 2.75) is 38.6 Å². The molecule has 8 nitrogen and oxygen atoms in total. The van der Waals surface area contributed by atoms with Gasteiger partial charge in [-0.05, 0) is 30.4 Å². The fourth-order valence-corrected chi connectivity index (χ4v) is 4.60. The minimum Gasteiger partial charge on any atom is -0.462 e. The Labute approximate surface area is 165 Å². The van der Waals surface area contributed by atoms with Crippen LogP contribution in [0.15, 0.2) is 46.9 Å². The summed E-state index contributed by atoms with van der Waals surface area (Å²) in [4.78, 5) is 30.2. The van der Waals surface area contributed by atoms with Crippen molar-refractivity contribution >= 4 is 23.1 Å². The standard InChI is InChI=1S/C19H20N4O4S/c1-2-26-19(25)17-16(15-12(24)4-3-5-13(15)27-18(17)20)14-6-11(8-28-14)7-23-10-21-9-22-23/h6,8-10,16H,2-5,7,20H2,1H3/t16-/m0/s1. The summed E-state index contributed by atoms with van der Waals surface area (Å²) >= 11 is 1.48. The van der Waals surface area contributed by atoms with Crippen molar-refractivity contribution in [3.05, 3.63) is 57.3 Å². The van der Waals surface area contributed by atoms with E-state index in [4.69, 9.17) is 15.2 Å². The predicted octanol–water partition coefficient (Wildman–Crippen LogP) is 2.24. The van der Waals surface area contributed by atoms with Gasteiger partial charge in [0.25, 0.3) is 0 Å². The minimum absolute atomic E-state index is 0.00762. The Bertz CT molecular complexity index is 974. The van der Waals surface area contributed by atoms with E-state index in [0.29, 0.717) is 37.1 Å². The summed E-state index contributed by atoms with van der Waals surface area (Å²) in [6.45, 7) is 2.49. The Morgan fingerprint density at radius 3 is 3.07 bits per heavy atom. The lowest BCUT2D eigenvalue weighted by Crippen LogP contribution is -2.31. The number of hydrogen-bond donors (Lipinski definition) is 1. The molecule has 2 aromatic rings. The lowest BCUT2D eigenvalue weighted by atomic mass is 9.80. The highest BCUT2D eigenvalue weighted by molar-refractivity contribution is 7.10. The van der Waals surface area contributed by atoms with Crippen LogP contribution in [0.3, 0.4) is 0 Å². The number of nitrogens with two attached hydrogens (primary N) is 1. The second kappa shape index (κ2) is 7.59. The lowest BCUT2D eigenvalue weighted by molar-refractivity contribution is -0.139. The second-order valence-electron chi connectivity index (χ2n) is 6.60. The fourth-order valence-electron chi connectivity index (χ4n) is 3.58. The molecule has 2 aromatic heterocycles. The predicted molar refractivity (Wildman–Crippen MR) is 101 cm³/mol. The van der Waals surface area contributed by atoms with Crippen molar-refractivity contribution < 1.29 is 19.1 Å². The number of allylic oxidation sites excluding steroid dienone is 2. The van der Waals surface area contributed by atoms with E-state index in [9.17, 15) is 9.59 Å². The summed E-state index contributed by atoms with van der Waals surface area (Å²) in [6.07, 6.45) is 4.90. The molecule has 28 heavy (non-hydrogen) atoms. The molecule has 0 saturated heterocycles. The fraction of sp³-hybridized carbons (Fsp3) is 0.368. The van der Waals surface area contributed by atoms with Crippen LogP contribution in [0.25, 0.3) is 0 Å². The number of rotatable bonds is 5. The summed E-state index contributed by atoms with van der Waals surface area (Å²) in [5.74, 6) is -0.542. The molecule has 4 rings (SSSR count). The molecular weight excluding hydrogens is 380 g/mol. The van der Waals surface area contributed by atoms with E-state index in [1.807, 2.05) is 11.4 Å². The maximum Gasteiger partial charge on any atom is 0.340 e. The molecular formula is C19H20N4O4S. The molecule has 9 heteroatoms. The SMILES string of the molecule is CCOC(=O)C1=C(N)OC2=C(C(=O)CCC2)[C@@H]1c1cc(Cn2cncn2)cs1. The van der Waals surface area contributed by atoms with Gasteiger partial charge in [-0.3, -0.25) is 4.79 Å². The van der Waals surface area contributed by atoms with Gasteiger partial charge in [-0.2, -0.15) is 5.10 Å². The molecule has 1 atom stereocenters. The quantitative estimate of drug-likeness (QED) is 0.767. The molecule has 146 valence electrons. The van der Waals surface area contributed by atoms with Gasteiger partial charge in [0.05, 0.1) is 19.1 Å². The summed E-state index contributed by atoms with van der Waals surface area (Å²) in [7, 11) is 0. The van der Waals surface area contributed by atoms with Gasteiger partial charge in [-0.1, -0.05) is 0 Å². The third kappa shape index (κ3) is 3.33. The van der Waals surface area contributed by atoms with E-state index >= 15 is 0 Å². The molecule has 0 radical (unpaired) electrons. The third-order valence-corrected chi connectivity index (χ3v) is 5.80. The lowest BCUT2D eigenvalue weighted by Gasteiger charge is -2.31. The van der Waals surface area contributed by atoms with E-state index in [1.54, 1.807) is 17.9 Å². The third-order valence-electron chi connectivity index (χ3n) is 4.75. The van der Waals surface area contributed by atoms with Gasteiger partial charge in [-0.25, -0.2) is 14.5 Å². The molecule has 0 bridgehead atoms. The van der Waals surface area contributed by atoms with Crippen LogP contribution >= 0.6 is 11.3 Å². The van der Waals surface area contributed by atoms with Crippen molar-refractivity contribution in [3.63, 3.8) is 0 Å². The van der Waals surface area contributed by atoms with Gasteiger partial charge in [0.1, 0.15) is 24.0 Å². The van der Waals surface area contributed by atoms with Crippen molar-refractivity contribution in [2.24, 2.45) is 5.73 Å². The number of ether oxygens (including phenoxy) is 2. The van der Waals surface area contributed by atoms with Crippen molar-refractivity contribution in [3.8, 4) is 0 Å². The number of esters is 1. The van der Waals surface area contributed by atoms with E-state index in [0.717, 1.165) is 10.4 Å². The molecule has 0 saturated carbocycles. The summed E-state index contributed by atoms with van der Waals surface area (Å²) < 4.78 is 12.6. The first-order valence-corrected chi connectivity index (χ1v) is 9.97. The zero-order valence-corrected chi connectivity index (χ0v) is 16.2. The van der Waals surface area contributed by atoms with Gasteiger partial charge in [-0.15, -0.1) is 11.3 Å². The van der Waals surface area contributed by atoms with Crippen LogP contribution in [0.4, 0.5) is 0 Å². The van der Waals surface area contributed by atoms with E-state index in [1.165, 1.54) is 17.7 Å². The molecule has 0 amide bonds. The van der Waals surface area contributed by atoms with Crippen LogP contribution in [0, 0.1) is 0 Å². The maximum atomic E-state index is 12.7. The first-order valence-electron chi connectivity index (χ1n) is 9.09. The van der Waals surface area contributed by atoms with Crippen molar-refractivity contribution in [1.82, 2.24) is 14.8 Å². The Balaban J connectivity index is 1.75. The Morgan fingerprint density at radius 2 is 2.32 bits per heavy atom. The monoisotopic (exact) mass is 400 g/mol. The molecule has 2 N–H and O–H groups in total. The highest BCUT2D eigenvalue weighted by Gasteiger charge is 2.41. The van der Waals surface area contributed by atoms with E-state index < -0.39 is 11.9 Å². The largest absolute Gasteiger partial charge is 0.462 e.